The summed E-state index contributed by atoms with van der Waals surface area (Å²) in [5, 5.41) is 4.95. The van der Waals surface area contributed by atoms with Gasteiger partial charge in [0.05, 0.1) is 18.3 Å². The first-order valence-electron chi connectivity index (χ1n) is 10.5. The van der Waals surface area contributed by atoms with Gasteiger partial charge in [-0.25, -0.2) is 13.8 Å². The van der Waals surface area contributed by atoms with E-state index in [1.54, 1.807) is 28.7 Å². The molecule has 33 heavy (non-hydrogen) atoms. The molecule has 168 valence electrons. The average molecular weight is 466 g/mol. The van der Waals surface area contributed by atoms with Crippen molar-refractivity contribution < 1.29 is 13.6 Å². The molecule has 1 aromatic carbocycles. The second kappa shape index (κ2) is 8.74. The third kappa shape index (κ3) is 4.63. The van der Waals surface area contributed by atoms with Gasteiger partial charge in [-0.1, -0.05) is 18.2 Å². The molecule has 9 heteroatoms. The molecule has 3 aromatic heterocycles. The number of anilines is 2. The molecule has 1 saturated heterocycles. The lowest BCUT2D eigenvalue weighted by Gasteiger charge is -2.24. The van der Waals surface area contributed by atoms with Crippen LogP contribution in [0.1, 0.15) is 34.2 Å². The van der Waals surface area contributed by atoms with Gasteiger partial charge in [-0.15, -0.1) is 11.3 Å². The molecule has 4 heterocycles. The van der Waals surface area contributed by atoms with Crippen molar-refractivity contribution in [3.05, 3.63) is 95.5 Å². The Labute approximate surface area is 193 Å². The minimum atomic E-state index is -2.80. The summed E-state index contributed by atoms with van der Waals surface area (Å²) >= 11 is 1.24. The first kappa shape index (κ1) is 21.3. The zero-order valence-electron chi connectivity index (χ0n) is 17.6. The highest BCUT2D eigenvalue weighted by molar-refractivity contribution is 7.14. The number of thiazole rings is 1. The second-order valence-electron chi connectivity index (χ2n) is 7.95. The van der Waals surface area contributed by atoms with E-state index >= 15 is 0 Å². The van der Waals surface area contributed by atoms with Crippen molar-refractivity contribution in [2.45, 2.75) is 24.9 Å². The number of halogens is 2. The SMILES string of the molecule is O=C(Nc1nc([C@H]2CC(F)(F)CN2c2ccccc2)cs1)c1cccn1Cc1ccncc1. The number of para-hydroxylation sites is 1. The summed E-state index contributed by atoms with van der Waals surface area (Å²) in [6.07, 6.45) is 4.94. The number of carbonyl (C=O) groups is 1. The van der Waals surface area contributed by atoms with E-state index in [2.05, 4.69) is 15.3 Å². The van der Waals surface area contributed by atoms with Crippen LogP contribution in [0.2, 0.25) is 0 Å². The highest BCUT2D eigenvalue weighted by Gasteiger charge is 2.46. The molecule has 1 amide bonds. The number of hydrogen-bond donors (Lipinski definition) is 1. The highest BCUT2D eigenvalue weighted by atomic mass is 32.1. The summed E-state index contributed by atoms with van der Waals surface area (Å²) in [6, 6.07) is 15.9. The van der Waals surface area contributed by atoms with Crippen molar-refractivity contribution in [1.82, 2.24) is 14.5 Å². The number of pyridine rings is 1. The Morgan fingerprint density at radius 1 is 1.12 bits per heavy atom. The minimum absolute atomic E-state index is 0.299. The van der Waals surface area contributed by atoms with Crippen LogP contribution < -0.4 is 10.2 Å². The summed E-state index contributed by atoms with van der Waals surface area (Å²) in [7, 11) is 0. The molecule has 1 aliphatic rings. The molecule has 1 aliphatic heterocycles. The fourth-order valence-electron chi connectivity index (χ4n) is 4.07. The molecular formula is C24H21F2N5OS. The van der Waals surface area contributed by atoms with Crippen molar-refractivity contribution in [3.8, 4) is 0 Å². The number of amides is 1. The Morgan fingerprint density at radius 3 is 2.70 bits per heavy atom. The van der Waals surface area contributed by atoms with E-state index in [9.17, 15) is 13.6 Å². The maximum Gasteiger partial charge on any atom is 0.274 e. The van der Waals surface area contributed by atoms with Crippen LogP contribution in [0.5, 0.6) is 0 Å². The van der Waals surface area contributed by atoms with Gasteiger partial charge in [0.25, 0.3) is 11.8 Å². The van der Waals surface area contributed by atoms with Crippen LogP contribution in [-0.2, 0) is 6.54 Å². The first-order valence-corrected chi connectivity index (χ1v) is 11.4. The van der Waals surface area contributed by atoms with Crippen LogP contribution in [0.4, 0.5) is 19.6 Å². The topological polar surface area (TPSA) is 63.1 Å². The summed E-state index contributed by atoms with van der Waals surface area (Å²) in [5.41, 5.74) is 2.77. The summed E-state index contributed by atoms with van der Waals surface area (Å²) in [6.45, 7) is 0.175. The normalized spacial score (nSPS) is 17.3. The van der Waals surface area contributed by atoms with E-state index in [1.807, 2.05) is 59.3 Å². The fourth-order valence-corrected chi connectivity index (χ4v) is 4.82. The standard InChI is InChI=1S/C24H21F2N5OS/c25-24(26)13-21(31(16-24)18-5-2-1-3-6-18)19-15-33-23(28-19)29-22(32)20-7-4-12-30(20)14-17-8-10-27-11-9-17/h1-12,15,21H,13-14,16H2,(H,28,29,32)/t21-/m1/s1. The van der Waals surface area contributed by atoms with Gasteiger partial charge in [-0.2, -0.15) is 0 Å². The molecule has 0 aliphatic carbocycles. The van der Waals surface area contributed by atoms with Gasteiger partial charge >= 0.3 is 0 Å². The number of benzene rings is 1. The van der Waals surface area contributed by atoms with Crippen LogP contribution in [0.3, 0.4) is 0 Å². The number of carbonyl (C=O) groups excluding carboxylic acids is 1. The molecular weight excluding hydrogens is 444 g/mol. The van der Waals surface area contributed by atoms with Crippen molar-refractivity contribution in [2.75, 3.05) is 16.8 Å². The monoisotopic (exact) mass is 465 g/mol. The molecule has 6 nitrogen and oxygen atoms in total. The van der Waals surface area contributed by atoms with Crippen LogP contribution in [-0.4, -0.2) is 32.9 Å². The Bertz CT molecular complexity index is 1240. The van der Waals surface area contributed by atoms with Gasteiger partial charge in [-0.3, -0.25) is 15.1 Å². The molecule has 5 rings (SSSR count). The number of hydrogen-bond acceptors (Lipinski definition) is 5. The Kier molecular flexibility index (Phi) is 5.63. The van der Waals surface area contributed by atoms with E-state index in [1.165, 1.54) is 11.3 Å². The summed E-state index contributed by atoms with van der Waals surface area (Å²) in [5.74, 6) is -3.10. The molecule has 0 radical (unpaired) electrons. The van der Waals surface area contributed by atoms with Crippen LogP contribution >= 0.6 is 11.3 Å². The number of nitrogens with one attached hydrogen (secondary N) is 1. The van der Waals surface area contributed by atoms with Gasteiger partial charge in [0.1, 0.15) is 5.69 Å². The maximum absolute atomic E-state index is 14.3. The predicted octanol–water partition coefficient (Wildman–Crippen LogP) is 5.23. The van der Waals surface area contributed by atoms with Gasteiger partial charge in [-0.05, 0) is 42.0 Å². The Morgan fingerprint density at radius 2 is 1.91 bits per heavy atom. The lowest BCUT2D eigenvalue weighted by Crippen LogP contribution is -2.26. The van der Waals surface area contributed by atoms with Gasteiger partial charge in [0, 0.05) is 42.6 Å². The van der Waals surface area contributed by atoms with Crippen LogP contribution in [0.25, 0.3) is 0 Å². The Balaban J connectivity index is 1.32. The average Bonchev–Trinajstić information content (AvgIpc) is 3.54. The van der Waals surface area contributed by atoms with Gasteiger partial charge in [0.15, 0.2) is 5.13 Å². The van der Waals surface area contributed by atoms with E-state index in [-0.39, 0.29) is 18.9 Å². The molecule has 4 aromatic rings. The first-order chi connectivity index (χ1) is 16.0. The highest BCUT2D eigenvalue weighted by Crippen LogP contribution is 2.44. The smallest absolute Gasteiger partial charge is 0.274 e. The largest absolute Gasteiger partial charge is 0.357 e. The predicted molar refractivity (Wildman–Crippen MR) is 124 cm³/mol. The second-order valence-corrected chi connectivity index (χ2v) is 8.81. The zero-order chi connectivity index (χ0) is 22.8. The lowest BCUT2D eigenvalue weighted by atomic mass is 10.1. The van der Waals surface area contributed by atoms with Crippen LogP contribution in [0.15, 0.2) is 78.6 Å². The molecule has 1 N–H and O–H groups in total. The molecule has 0 bridgehead atoms. The quantitative estimate of drug-likeness (QED) is 0.424. The number of rotatable bonds is 6. The van der Waals surface area contributed by atoms with Crippen molar-refractivity contribution in [1.29, 1.82) is 0 Å². The minimum Gasteiger partial charge on any atom is -0.357 e. The maximum atomic E-state index is 14.3. The molecule has 1 fully saturated rings. The fraction of sp³-hybridized carbons (Fsp3) is 0.208. The van der Waals surface area contributed by atoms with E-state index in [4.69, 9.17) is 0 Å². The van der Waals surface area contributed by atoms with E-state index in [0.717, 1.165) is 11.3 Å². The summed E-state index contributed by atoms with van der Waals surface area (Å²) < 4.78 is 30.4. The van der Waals surface area contributed by atoms with E-state index in [0.29, 0.717) is 23.1 Å². The molecule has 0 saturated carbocycles. The van der Waals surface area contributed by atoms with Crippen molar-refractivity contribution in [3.63, 3.8) is 0 Å². The third-order valence-corrected chi connectivity index (χ3v) is 6.38. The van der Waals surface area contributed by atoms with Crippen molar-refractivity contribution in [2.24, 2.45) is 0 Å². The van der Waals surface area contributed by atoms with Crippen molar-refractivity contribution >= 4 is 28.1 Å². The number of alkyl halides is 2. The molecule has 0 unspecified atom stereocenters. The number of nitrogens with zero attached hydrogens (tertiary/aromatic N) is 4. The Hall–Kier alpha value is -3.59. The molecule has 1 atom stereocenters. The lowest BCUT2D eigenvalue weighted by molar-refractivity contribution is 0.0222. The third-order valence-electron chi connectivity index (χ3n) is 5.61. The number of aromatic nitrogens is 3. The molecule has 0 spiro atoms. The van der Waals surface area contributed by atoms with Crippen LogP contribution in [0, 0.1) is 0 Å². The zero-order valence-corrected chi connectivity index (χ0v) is 18.4. The summed E-state index contributed by atoms with van der Waals surface area (Å²) in [4.78, 5) is 23.1. The van der Waals surface area contributed by atoms with E-state index < -0.39 is 12.0 Å². The van der Waals surface area contributed by atoms with Gasteiger partial charge in [0.2, 0.25) is 0 Å². The van der Waals surface area contributed by atoms with Gasteiger partial charge < -0.3 is 9.47 Å².